The van der Waals surface area contributed by atoms with Crippen LogP contribution in [0.4, 0.5) is 10.6 Å². The zero-order valence-electron chi connectivity index (χ0n) is 22.2. The van der Waals surface area contributed by atoms with E-state index in [4.69, 9.17) is 9.72 Å². The normalized spacial score (nSPS) is 30.2. The second-order valence-electron chi connectivity index (χ2n) is 11.2. The summed E-state index contributed by atoms with van der Waals surface area (Å²) >= 11 is 0. The Labute approximate surface area is 218 Å². The molecule has 0 spiro atoms. The Morgan fingerprint density at radius 2 is 1.97 bits per heavy atom. The van der Waals surface area contributed by atoms with Gasteiger partial charge in [0.25, 0.3) is 0 Å². The summed E-state index contributed by atoms with van der Waals surface area (Å²) in [6.45, 7) is 11.5. The highest BCUT2D eigenvalue weighted by molar-refractivity contribution is 5.77. The van der Waals surface area contributed by atoms with Gasteiger partial charge in [-0.2, -0.15) is 10.2 Å². The number of carbonyl (C=O) groups excluding carboxylic acids is 1. The van der Waals surface area contributed by atoms with Gasteiger partial charge in [0.2, 0.25) is 0 Å². The maximum atomic E-state index is 12.0. The van der Waals surface area contributed by atoms with Crippen molar-refractivity contribution in [2.75, 3.05) is 31.1 Å². The first-order valence-corrected chi connectivity index (χ1v) is 13.6. The summed E-state index contributed by atoms with van der Waals surface area (Å²) in [5.74, 6) is 1.47. The first-order chi connectivity index (χ1) is 17.9. The van der Waals surface area contributed by atoms with E-state index >= 15 is 0 Å². The van der Waals surface area contributed by atoms with Crippen LogP contribution in [0.3, 0.4) is 0 Å². The number of nitrogens with zero attached hydrogens (tertiary/aromatic N) is 5. The summed E-state index contributed by atoms with van der Waals surface area (Å²) in [5, 5.41) is 11.3. The van der Waals surface area contributed by atoms with Crippen LogP contribution in [0.2, 0.25) is 0 Å². The van der Waals surface area contributed by atoms with Crippen LogP contribution in [0, 0.1) is 26.7 Å². The van der Waals surface area contributed by atoms with E-state index in [1.54, 1.807) is 0 Å². The molecule has 4 fully saturated rings. The largest absolute Gasteiger partial charge is 0.370 e. The Morgan fingerprint density at radius 1 is 1.11 bits per heavy atom. The summed E-state index contributed by atoms with van der Waals surface area (Å²) < 4.78 is 6.62. The van der Waals surface area contributed by atoms with Crippen molar-refractivity contribution in [3.8, 4) is 0 Å². The number of nitrogens with one attached hydrogen (secondary N) is 3. The predicted molar refractivity (Wildman–Crippen MR) is 140 cm³/mol. The number of piperazine rings is 1. The molecule has 6 atom stereocenters. The topological polar surface area (TPSA) is 108 Å². The number of anilines is 1. The number of hydrazine groups is 1. The van der Waals surface area contributed by atoms with Crippen molar-refractivity contribution in [1.29, 1.82) is 0 Å². The zero-order chi connectivity index (χ0) is 25.7. The van der Waals surface area contributed by atoms with Gasteiger partial charge in [-0.25, -0.2) is 15.2 Å². The summed E-state index contributed by atoms with van der Waals surface area (Å²) in [6.07, 6.45) is 7.19. The number of hydrogen-bond donors (Lipinski definition) is 3. The number of fused-ring (bicyclic) bond motifs is 2. The van der Waals surface area contributed by atoms with Gasteiger partial charge in [0, 0.05) is 44.0 Å². The molecular weight excluding hydrogens is 468 g/mol. The van der Waals surface area contributed by atoms with E-state index in [-0.39, 0.29) is 30.3 Å². The van der Waals surface area contributed by atoms with E-state index in [0.717, 1.165) is 61.5 Å². The minimum absolute atomic E-state index is 0.00755. The highest BCUT2D eigenvalue weighted by Gasteiger charge is 2.42. The molecule has 10 nitrogen and oxygen atoms in total. The van der Waals surface area contributed by atoms with Crippen molar-refractivity contribution >= 4 is 11.8 Å². The van der Waals surface area contributed by atoms with Crippen molar-refractivity contribution in [2.45, 2.75) is 77.3 Å². The number of amides is 2. The number of carbonyl (C=O) groups is 1. The number of hydrogen-bond acceptors (Lipinski definition) is 8. The minimum Gasteiger partial charge on any atom is -0.370 e. The van der Waals surface area contributed by atoms with Gasteiger partial charge in [-0.3, -0.25) is 5.43 Å². The maximum Gasteiger partial charge on any atom is 0.317 e. The highest BCUT2D eigenvalue weighted by atomic mass is 16.5. The van der Waals surface area contributed by atoms with Crippen LogP contribution in [0.25, 0.3) is 0 Å². The molecule has 0 bridgehead atoms. The zero-order valence-corrected chi connectivity index (χ0v) is 22.2. The van der Waals surface area contributed by atoms with E-state index in [0.29, 0.717) is 18.5 Å². The average molecular weight is 507 g/mol. The van der Waals surface area contributed by atoms with Crippen LogP contribution < -0.4 is 21.1 Å². The summed E-state index contributed by atoms with van der Waals surface area (Å²) in [6, 6.07) is 3.21. The van der Waals surface area contributed by atoms with E-state index in [1.807, 2.05) is 24.2 Å². The van der Waals surface area contributed by atoms with E-state index in [2.05, 4.69) is 58.1 Å². The van der Waals surface area contributed by atoms with Crippen molar-refractivity contribution in [2.24, 2.45) is 5.92 Å². The molecule has 2 amide bonds. The lowest BCUT2D eigenvalue weighted by atomic mass is 9.78. The molecule has 3 N–H and O–H groups in total. The predicted octanol–water partition coefficient (Wildman–Crippen LogP) is 2.47. The first kappa shape index (κ1) is 24.5. The molecule has 3 saturated heterocycles. The van der Waals surface area contributed by atoms with Gasteiger partial charge in [-0.1, -0.05) is 0 Å². The molecule has 1 aliphatic carbocycles. The minimum atomic E-state index is -0.00755. The Hall–Kier alpha value is -2.82. The van der Waals surface area contributed by atoms with E-state index in [1.165, 1.54) is 11.1 Å². The highest BCUT2D eigenvalue weighted by Crippen LogP contribution is 2.41. The number of aryl methyl sites for hydroxylation is 3. The molecule has 2 aromatic heterocycles. The number of urea groups is 1. The molecule has 198 valence electrons. The van der Waals surface area contributed by atoms with Crippen LogP contribution in [0.15, 0.2) is 18.5 Å². The number of rotatable bonds is 5. The van der Waals surface area contributed by atoms with Crippen molar-refractivity contribution in [1.82, 2.24) is 36.2 Å². The van der Waals surface area contributed by atoms with E-state index < -0.39 is 0 Å². The third kappa shape index (κ3) is 4.55. The molecule has 2 aromatic rings. The number of aromatic nitrogens is 3. The SMILES string of the molecule is Cc1cc(C2NNC3CCC(O[C@H](C)c4c(C)cnnc4C)CC32)cnc1N1CCN2C(=O)NCC2C1. The monoisotopic (exact) mass is 506 g/mol. The van der Waals surface area contributed by atoms with Crippen LogP contribution >= 0.6 is 0 Å². The lowest BCUT2D eigenvalue weighted by molar-refractivity contribution is -0.0377. The molecule has 3 aliphatic heterocycles. The molecule has 6 rings (SSSR count). The molecule has 10 heteroatoms. The molecule has 37 heavy (non-hydrogen) atoms. The fourth-order valence-corrected chi connectivity index (χ4v) is 6.94. The van der Waals surface area contributed by atoms with Crippen molar-refractivity contribution in [3.05, 3.63) is 46.4 Å². The van der Waals surface area contributed by atoms with Gasteiger partial charge in [0.1, 0.15) is 5.82 Å². The quantitative estimate of drug-likeness (QED) is 0.568. The summed E-state index contributed by atoms with van der Waals surface area (Å²) in [7, 11) is 0. The Bertz CT molecular complexity index is 1150. The Kier molecular flexibility index (Phi) is 6.50. The van der Waals surface area contributed by atoms with Crippen LogP contribution in [0.1, 0.15) is 66.3 Å². The van der Waals surface area contributed by atoms with Gasteiger partial charge >= 0.3 is 6.03 Å². The molecule has 0 radical (unpaired) electrons. The Balaban J connectivity index is 1.14. The second-order valence-corrected chi connectivity index (χ2v) is 11.2. The standard InChI is InChI=1S/C27H38N8O2/c1-15-9-19(12-28-26(15)34-7-8-35-20(14-34)13-29-27(35)36)25-22-10-21(5-6-23(22)32-33-25)37-18(4)24-16(2)11-30-31-17(24)3/h9,11-12,18,20-23,25,32-33H,5-8,10,13-14H2,1-4H3,(H,29,36)/t18-,20?,21?,22?,23?,25?/m1/s1. The van der Waals surface area contributed by atoms with Crippen molar-refractivity contribution < 1.29 is 9.53 Å². The summed E-state index contributed by atoms with van der Waals surface area (Å²) in [4.78, 5) is 21.2. The molecular formula is C27H38N8O2. The summed E-state index contributed by atoms with van der Waals surface area (Å²) in [5.41, 5.74) is 12.8. The Morgan fingerprint density at radius 3 is 2.78 bits per heavy atom. The van der Waals surface area contributed by atoms with Crippen LogP contribution in [-0.2, 0) is 4.74 Å². The van der Waals surface area contributed by atoms with Gasteiger partial charge in [0.05, 0.1) is 36.2 Å². The van der Waals surface area contributed by atoms with Gasteiger partial charge in [-0.15, -0.1) is 0 Å². The lowest BCUT2D eigenvalue weighted by Crippen LogP contribution is -2.52. The smallest absolute Gasteiger partial charge is 0.317 e. The van der Waals surface area contributed by atoms with Gasteiger partial charge in [0.15, 0.2) is 0 Å². The third-order valence-electron chi connectivity index (χ3n) is 8.74. The fourth-order valence-electron chi connectivity index (χ4n) is 6.94. The lowest BCUT2D eigenvalue weighted by Gasteiger charge is -2.38. The molecule has 4 aliphatic rings. The van der Waals surface area contributed by atoms with Gasteiger partial charge < -0.3 is 19.9 Å². The third-order valence-corrected chi connectivity index (χ3v) is 8.74. The molecule has 0 aromatic carbocycles. The van der Waals surface area contributed by atoms with E-state index in [9.17, 15) is 4.79 Å². The van der Waals surface area contributed by atoms with Crippen LogP contribution in [-0.4, -0.2) is 70.5 Å². The average Bonchev–Trinajstić information content (AvgIpc) is 3.47. The number of ether oxygens (including phenoxy) is 1. The first-order valence-electron chi connectivity index (χ1n) is 13.6. The van der Waals surface area contributed by atoms with Crippen LogP contribution in [0.5, 0.6) is 0 Å². The number of pyridine rings is 1. The fraction of sp³-hybridized carbons (Fsp3) is 0.630. The molecule has 5 unspecified atom stereocenters. The second kappa shape index (κ2) is 9.81. The molecule has 1 saturated carbocycles. The maximum absolute atomic E-state index is 12.0. The molecule has 5 heterocycles. The van der Waals surface area contributed by atoms with Crippen molar-refractivity contribution in [3.63, 3.8) is 0 Å². The van der Waals surface area contributed by atoms with Gasteiger partial charge in [-0.05, 0) is 75.6 Å².